The van der Waals surface area contributed by atoms with Crippen LogP contribution in [0.25, 0.3) is 10.8 Å². The standard InChI is InChI=1S/C31H26N4O7/c36-25-10-9-19(17-26(25)37)11-12-34-30(39)22-8-4-7-21-27(22)23(31(34)40)18-24(35(41)42)28(21)32-13-15-33(16-14-32)29(38)20-5-2-1-3-6-20/h1-10,17-18,36-37H,11-16H2. The van der Waals surface area contributed by atoms with Gasteiger partial charge in [0.15, 0.2) is 11.5 Å². The van der Waals surface area contributed by atoms with E-state index >= 15 is 0 Å². The van der Waals surface area contributed by atoms with Crippen LogP contribution in [0.2, 0.25) is 0 Å². The Morgan fingerprint density at radius 1 is 0.833 bits per heavy atom. The van der Waals surface area contributed by atoms with E-state index in [4.69, 9.17) is 0 Å². The maximum atomic E-state index is 13.6. The molecule has 1 fully saturated rings. The van der Waals surface area contributed by atoms with E-state index in [-0.39, 0.29) is 47.2 Å². The first-order valence-corrected chi connectivity index (χ1v) is 13.4. The van der Waals surface area contributed by atoms with Gasteiger partial charge < -0.3 is 20.0 Å². The number of phenolic OH excluding ortho intramolecular Hbond substituents is 2. The summed E-state index contributed by atoms with van der Waals surface area (Å²) in [5.74, 6) is -1.86. The molecule has 0 bridgehead atoms. The normalized spacial score (nSPS) is 14.9. The van der Waals surface area contributed by atoms with Gasteiger partial charge in [0.1, 0.15) is 5.69 Å². The summed E-state index contributed by atoms with van der Waals surface area (Å²) in [6.07, 6.45) is 0.211. The van der Waals surface area contributed by atoms with E-state index in [0.717, 1.165) is 4.90 Å². The van der Waals surface area contributed by atoms with E-state index in [0.29, 0.717) is 53.8 Å². The summed E-state index contributed by atoms with van der Waals surface area (Å²) in [6, 6.07) is 19.4. The molecule has 0 aliphatic carbocycles. The average Bonchev–Trinajstić information content (AvgIpc) is 3.01. The van der Waals surface area contributed by atoms with Gasteiger partial charge >= 0.3 is 0 Å². The molecule has 0 unspecified atom stereocenters. The van der Waals surface area contributed by atoms with Crippen LogP contribution in [0.5, 0.6) is 11.5 Å². The summed E-state index contributed by atoms with van der Waals surface area (Å²) in [6.45, 7) is 1.36. The summed E-state index contributed by atoms with van der Waals surface area (Å²) in [5, 5.41) is 32.5. The highest BCUT2D eigenvalue weighted by atomic mass is 16.6. The molecule has 6 rings (SSSR count). The van der Waals surface area contributed by atoms with Gasteiger partial charge in [0.25, 0.3) is 23.4 Å². The SMILES string of the molecule is O=C(c1ccccc1)N1CCN(c2c([N+](=O)[O-])cc3c4c(cccc24)C(=O)N(CCc2ccc(O)c(O)c2)C3=O)CC1. The molecule has 2 heterocycles. The smallest absolute Gasteiger partial charge is 0.293 e. The van der Waals surface area contributed by atoms with Crippen LogP contribution in [0.15, 0.2) is 72.8 Å². The number of phenols is 2. The summed E-state index contributed by atoms with van der Waals surface area (Å²) >= 11 is 0. The molecule has 11 nitrogen and oxygen atoms in total. The fourth-order valence-corrected chi connectivity index (χ4v) is 5.72. The largest absolute Gasteiger partial charge is 0.504 e. The molecule has 1 saturated heterocycles. The molecule has 4 aromatic carbocycles. The molecule has 11 heteroatoms. The lowest BCUT2D eigenvalue weighted by atomic mass is 9.91. The number of nitro groups is 1. The van der Waals surface area contributed by atoms with Crippen LogP contribution in [-0.4, -0.2) is 75.4 Å². The Morgan fingerprint density at radius 3 is 2.24 bits per heavy atom. The lowest BCUT2D eigenvalue weighted by Crippen LogP contribution is -2.49. The Bertz CT molecular complexity index is 1760. The molecule has 2 aliphatic heterocycles. The van der Waals surface area contributed by atoms with Gasteiger partial charge in [-0.15, -0.1) is 0 Å². The minimum atomic E-state index is -0.639. The van der Waals surface area contributed by atoms with Crippen LogP contribution < -0.4 is 4.90 Å². The number of carbonyl (C=O) groups is 3. The monoisotopic (exact) mass is 566 g/mol. The summed E-state index contributed by atoms with van der Waals surface area (Å²) in [7, 11) is 0. The van der Waals surface area contributed by atoms with Gasteiger partial charge in [-0.2, -0.15) is 0 Å². The number of aromatic hydroxyl groups is 2. The first-order chi connectivity index (χ1) is 20.2. The van der Waals surface area contributed by atoms with E-state index in [1.54, 1.807) is 53.4 Å². The minimum Gasteiger partial charge on any atom is -0.504 e. The summed E-state index contributed by atoms with van der Waals surface area (Å²) < 4.78 is 0. The van der Waals surface area contributed by atoms with Crippen molar-refractivity contribution in [2.75, 3.05) is 37.6 Å². The first-order valence-electron chi connectivity index (χ1n) is 13.4. The van der Waals surface area contributed by atoms with Crippen LogP contribution in [0, 0.1) is 10.1 Å². The number of anilines is 1. The van der Waals surface area contributed by atoms with Crippen molar-refractivity contribution in [3.8, 4) is 11.5 Å². The second kappa shape index (κ2) is 10.5. The third-order valence-electron chi connectivity index (χ3n) is 7.83. The highest BCUT2D eigenvalue weighted by molar-refractivity contribution is 6.27. The Balaban J connectivity index is 1.32. The van der Waals surface area contributed by atoms with Crippen molar-refractivity contribution in [2.45, 2.75) is 6.42 Å². The number of amides is 3. The predicted molar refractivity (Wildman–Crippen MR) is 154 cm³/mol. The lowest BCUT2D eigenvalue weighted by Gasteiger charge is -2.37. The number of piperazine rings is 1. The maximum Gasteiger partial charge on any atom is 0.293 e. The Kier molecular flexibility index (Phi) is 6.69. The average molecular weight is 567 g/mol. The topological polar surface area (TPSA) is 145 Å². The van der Waals surface area contributed by atoms with E-state index in [9.17, 15) is 34.7 Å². The zero-order valence-corrected chi connectivity index (χ0v) is 22.4. The van der Waals surface area contributed by atoms with Crippen LogP contribution in [0.3, 0.4) is 0 Å². The van der Waals surface area contributed by atoms with E-state index in [1.165, 1.54) is 18.2 Å². The number of hydrogen-bond donors (Lipinski definition) is 2. The molecule has 0 saturated carbocycles. The quantitative estimate of drug-likeness (QED) is 0.154. The maximum absolute atomic E-state index is 13.6. The highest BCUT2D eigenvalue weighted by Gasteiger charge is 2.37. The van der Waals surface area contributed by atoms with Crippen LogP contribution in [0.4, 0.5) is 11.4 Å². The minimum absolute atomic E-state index is 0.0232. The van der Waals surface area contributed by atoms with Gasteiger partial charge in [-0.25, -0.2) is 0 Å². The molecule has 2 N–H and O–H groups in total. The molecule has 0 radical (unpaired) electrons. The third kappa shape index (κ3) is 4.54. The predicted octanol–water partition coefficient (Wildman–Crippen LogP) is 3.96. The van der Waals surface area contributed by atoms with Crippen molar-refractivity contribution in [1.82, 2.24) is 9.80 Å². The highest BCUT2D eigenvalue weighted by Crippen LogP contribution is 2.42. The molecular formula is C31H26N4O7. The van der Waals surface area contributed by atoms with Crippen LogP contribution in [-0.2, 0) is 6.42 Å². The number of benzene rings is 4. The molecule has 0 spiro atoms. The molecule has 212 valence electrons. The third-order valence-corrected chi connectivity index (χ3v) is 7.83. The molecule has 2 aliphatic rings. The van der Waals surface area contributed by atoms with Gasteiger partial charge in [0, 0.05) is 60.7 Å². The molecular weight excluding hydrogens is 540 g/mol. The molecule has 42 heavy (non-hydrogen) atoms. The summed E-state index contributed by atoms with van der Waals surface area (Å²) in [4.78, 5) is 56.5. The van der Waals surface area contributed by atoms with Gasteiger partial charge in [-0.3, -0.25) is 29.4 Å². The van der Waals surface area contributed by atoms with Gasteiger partial charge in [-0.05, 0) is 42.3 Å². The number of hydrogen-bond acceptors (Lipinski definition) is 8. The molecule has 0 atom stereocenters. The van der Waals surface area contributed by atoms with Crippen molar-refractivity contribution >= 4 is 39.9 Å². The Hall–Kier alpha value is -5.45. The molecule has 3 amide bonds. The Morgan fingerprint density at radius 2 is 1.55 bits per heavy atom. The molecule has 0 aromatic heterocycles. The number of carbonyl (C=O) groups excluding carboxylic acids is 3. The second-order valence-electron chi connectivity index (χ2n) is 10.3. The van der Waals surface area contributed by atoms with Gasteiger partial charge in [0.05, 0.1) is 10.5 Å². The van der Waals surface area contributed by atoms with Crippen molar-refractivity contribution in [2.24, 2.45) is 0 Å². The fourth-order valence-electron chi connectivity index (χ4n) is 5.72. The lowest BCUT2D eigenvalue weighted by molar-refractivity contribution is -0.384. The van der Waals surface area contributed by atoms with Crippen LogP contribution >= 0.6 is 0 Å². The van der Waals surface area contributed by atoms with E-state index in [1.807, 2.05) is 11.0 Å². The fraction of sp³-hybridized carbons (Fsp3) is 0.194. The zero-order chi connectivity index (χ0) is 29.5. The number of imide groups is 1. The van der Waals surface area contributed by atoms with Gasteiger partial charge in [-0.1, -0.05) is 36.4 Å². The number of rotatable bonds is 6. The van der Waals surface area contributed by atoms with Crippen molar-refractivity contribution in [1.29, 1.82) is 0 Å². The molecule has 4 aromatic rings. The van der Waals surface area contributed by atoms with Crippen molar-refractivity contribution < 1.29 is 29.5 Å². The van der Waals surface area contributed by atoms with Crippen molar-refractivity contribution in [3.05, 3.63) is 105 Å². The zero-order valence-electron chi connectivity index (χ0n) is 22.4. The first kappa shape index (κ1) is 26.8. The number of nitrogens with zero attached hydrogens (tertiary/aromatic N) is 4. The second-order valence-corrected chi connectivity index (χ2v) is 10.3. The van der Waals surface area contributed by atoms with Crippen LogP contribution in [0.1, 0.15) is 36.6 Å². The number of nitro benzene ring substituents is 1. The van der Waals surface area contributed by atoms with Gasteiger partial charge in [0.2, 0.25) is 0 Å². The van der Waals surface area contributed by atoms with E-state index in [2.05, 4.69) is 0 Å². The Labute approximate surface area is 240 Å². The van der Waals surface area contributed by atoms with E-state index < -0.39 is 16.7 Å². The van der Waals surface area contributed by atoms with Crippen molar-refractivity contribution in [3.63, 3.8) is 0 Å². The summed E-state index contributed by atoms with van der Waals surface area (Å²) in [5.41, 5.74) is 1.58.